The molecule has 2 aromatic rings. The Kier molecular flexibility index (Phi) is 5.43. The number of carboxylic acid groups (broad SMARTS) is 1. The maximum atomic E-state index is 12.8. The van der Waals surface area contributed by atoms with E-state index in [-0.39, 0.29) is 23.8 Å². The van der Waals surface area contributed by atoms with Crippen LogP contribution in [0.3, 0.4) is 0 Å². The van der Waals surface area contributed by atoms with E-state index in [1.54, 1.807) is 4.90 Å². The average Bonchev–Trinajstić information content (AvgIpc) is 3.41. The minimum absolute atomic E-state index is 0.0729. The summed E-state index contributed by atoms with van der Waals surface area (Å²) in [6.45, 7) is 1.66. The number of rotatable bonds is 4. The van der Waals surface area contributed by atoms with E-state index in [0.717, 1.165) is 32.1 Å². The minimum atomic E-state index is -0.651. The van der Waals surface area contributed by atoms with E-state index >= 15 is 0 Å². The fourth-order valence-electron chi connectivity index (χ4n) is 6.06. The van der Waals surface area contributed by atoms with E-state index in [0.29, 0.717) is 25.6 Å². The largest absolute Gasteiger partial charge is 0.481 e. The Morgan fingerprint density at radius 2 is 1.52 bits per heavy atom. The summed E-state index contributed by atoms with van der Waals surface area (Å²) >= 11 is 0. The van der Waals surface area contributed by atoms with Crippen LogP contribution in [0.25, 0.3) is 11.1 Å². The standard InChI is InChI=1S/C26H29NO4/c28-25(29)23-11-5-10-18(23)17-12-14-27(15-13-17)26(30)31-16-24-21-8-3-1-6-19(21)20-7-2-4-9-22(20)24/h1-4,6-9,17-18,23-24H,5,10-16H2,(H,28,29). The maximum absolute atomic E-state index is 12.8. The second kappa shape index (κ2) is 8.37. The van der Waals surface area contributed by atoms with Crippen molar-refractivity contribution in [3.05, 3.63) is 59.7 Å². The molecule has 31 heavy (non-hydrogen) atoms. The summed E-state index contributed by atoms with van der Waals surface area (Å²) < 4.78 is 5.79. The normalized spacial score (nSPS) is 23.4. The Balaban J connectivity index is 1.19. The van der Waals surface area contributed by atoms with Crippen LogP contribution in [0.5, 0.6) is 0 Å². The number of amides is 1. The van der Waals surface area contributed by atoms with Gasteiger partial charge in [-0.3, -0.25) is 4.79 Å². The highest BCUT2D eigenvalue weighted by Gasteiger charge is 2.40. The molecule has 2 fully saturated rings. The fraction of sp³-hybridized carbons (Fsp3) is 0.462. The van der Waals surface area contributed by atoms with Gasteiger partial charge in [-0.1, -0.05) is 55.0 Å². The van der Waals surface area contributed by atoms with Gasteiger partial charge in [0.05, 0.1) is 5.92 Å². The number of hydrogen-bond acceptors (Lipinski definition) is 3. The van der Waals surface area contributed by atoms with Gasteiger partial charge in [-0.2, -0.15) is 0 Å². The van der Waals surface area contributed by atoms with Crippen molar-refractivity contribution in [1.29, 1.82) is 0 Å². The molecule has 2 unspecified atom stereocenters. The Hall–Kier alpha value is -2.82. The lowest BCUT2D eigenvalue weighted by Crippen LogP contribution is -2.41. The van der Waals surface area contributed by atoms with Crippen molar-refractivity contribution in [2.75, 3.05) is 19.7 Å². The van der Waals surface area contributed by atoms with E-state index in [1.807, 2.05) is 24.3 Å². The number of ether oxygens (including phenoxy) is 1. The maximum Gasteiger partial charge on any atom is 0.409 e. The van der Waals surface area contributed by atoms with Gasteiger partial charge in [-0.25, -0.2) is 4.79 Å². The van der Waals surface area contributed by atoms with Crippen LogP contribution in [0, 0.1) is 17.8 Å². The molecule has 0 aromatic heterocycles. The Labute approximate surface area is 183 Å². The first-order valence-electron chi connectivity index (χ1n) is 11.5. The molecule has 1 heterocycles. The van der Waals surface area contributed by atoms with Crippen molar-refractivity contribution in [1.82, 2.24) is 4.90 Å². The van der Waals surface area contributed by atoms with Crippen molar-refractivity contribution in [2.45, 2.75) is 38.0 Å². The highest BCUT2D eigenvalue weighted by Crippen LogP contribution is 2.45. The first-order chi connectivity index (χ1) is 15.1. The molecular weight excluding hydrogens is 390 g/mol. The summed E-state index contributed by atoms with van der Waals surface area (Å²) in [6.07, 6.45) is 4.31. The van der Waals surface area contributed by atoms with Gasteiger partial charge in [0.2, 0.25) is 0 Å². The van der Waals surface area contributed by atoms with Crippen LogP contribution >= 0.6 is 0 Å². The third-order valence-electron chi connectivity index (χ3n) is 7.63. The van der Waals surface area contributed by atoms with Crippen molar-refractivity contribution in [3.63, 3.8) is 0 Å². The quantitative estimate of drug-likeness (QED) is 0.744. The number of likely N-dealkylation sites (tertiary alicyclic amines) is 1. The molecule has 0 spiro atoms. The van der Waals surface area contributed by atoms with Crippen LogP contribution < -0.4 is 0 Å². The predicted molar refractivity (Wildman–Crippen MR) is 118 cm³/mol. The minimum Gasteiger partial charge on any atom is -0.481 e. The molecule has 3 aliphatic rings. The molecule has 2 aromatic carbocycles. The number of hydrogen-bond donors (Lipinski definition) is 1. The molecule has 162 valence electrons. The number of nitrogens with zero attached hydrogens (tertiary/aromatic N) is 1. The topological polar surface area (TPSA) is 66.8 Å². The second-order valence-corrected chi connectivity index (χ2v) is 9.17. The van der Waals surface area contributed by atoms with Crippen LogP contribution in [0.4, 0.5) is 4.79 Å². The van der Waals surface area contributed by atoms with Gasteiger partial charge in [0.25, 0.3) is 0 Å². The molecule has 5 rings (SSSR count). The zero-order chi connectivity index (χ0) is 21.4. The molecule has 1 saturated carbocycles. The summed E-state index contributed by atoms with van der Waals surface area (Å²) in [4.78, 5) is 26.1. The van der Waals surface area contributed by atoms with Crippen molar-refractivity contribution >= 4 is 12.1 Å². The summed E-state index contributed by atoms with van der Waals surface area (Å²) in [6, 6.07) is 16.7. The molecule has 2 atom stereocenters. The van der Waals surface area contributed by atoms with Crippen LogP contribution in [-0.2, 0) is 9.53 Å². The van der Waals surface area contributed by atoms with E-state index in [2.05, 4.69) is 24.3 Å². The number of carboxylic acids is 1. The molecule has 5 nitrogen and oxygen atoms in total. The lowest BCUT2D eigenvalue weighted by atomic mass is 9.78. The molecule has 0 bridgehead atoms. The number of piperidine rings is 1. The third kappa shape index (κ3) is 3.71. The molecule has 5 heteroatoms. The molecule has 2 aliphatic carbocycles. The van der Waals surface area contributed by atoms with E-state index < -0.39 is 5.97 Å². The molecule has 1 amide bonds. The van der Waals surface area contributed by atoms with Gasteiger partial charge in [0.1, 0.15) is 6.61 Å². The van der Waals surface area contributed by atoms with Crippen molar-refractivity contribution in [2.24, 2.45) is 17.8 Å². The molecular formula is C26H29NO4. The number of aliphatic carboxylic acids is 1. The van der Waals surface area contributed by atoms with Gasteiger partial charge in [-0.05, 0) is 59.8 Å². The van der Waals surface area contributed by atoms with E-state index in [1.165, 1.54) is 22.3 Å². The molecule has 1 aliphatic heterocycles. The zero-order valence-corrected chi connectivity index (χ0v) is 17.7. The smallest absolute Gasteiger partial charge is 0.409 e. The first-order valence-corrected chi connectivity index (χ1v) is 11.5. The third-order valence-corrected chi connectivity index (χ3v) is 7.63. The Morgan fingerprint density at radius 3 is 2.13 bits per heavy atom. The van der Waals surface area contributed by atoms with E-state index in [9.17, 15) is 14.7 Å². The summed E-state index contributed by atoms with van der Waals surface area (Å²) in [5.41, 5.74) is 4.89. The van der Waals surface area contributed by atoms with Gasteiger partial charge in [0, 0.05) is 19.0 Å². The lowest BCUT2D eigenvalue weighted by molar-refractivity contribution is -0.143. The molecule has 1 saturated heterocycles. The van der Waals surface area contributed by atoms with Gasteiger partial charge < -0.3 is 14.7 Å². The predicted octanol–water partition coefficient (Wildman–Crippen LogP) is 5.15. The number of carbonyl (C=O) groups excluding carboxylic acids is 1. The lowest BCUT2D eigenvalue weighted by Gasteiger charge is -2.35. The fourth-order valence-corrected chi connectivity index (χ4v) is 6.06. The molecule has 0 radical (unpaired) electrons. The zero-order valence-electron chi connectivity index (χ0n) is 17.7. The van der Waals surface area contributed by atoms with Crippen LogP contribution in [-0.4, -0.2) is 41.8 Å². The van der Waals surface area contributed by atoms with Gasteiger partial charge >= 0.3 is 12.1 Å². The first kappa shape index (κ1) is 20.1. The number of fused-ring (bicyclic) bond motifs is 3. The van der Waals surface area contributed by atoms with Crippen LogP contribution in [0.15, 0.2) is 48.5 Å². The van der Waals surface area contributed by atoms with Crippen molar-refractivity contribution < 1.29 is 19.4 Å². The average molecular weight is 420 g/mol. The molecule has 1 N–H and O–H groups in total. The monoisotopic (exact) mass is 419 g/mol. The second-order valence-electron chi connectivity index (χ2n) is 9.17. The summed E-state index contributed by atoms with van der Waals surface area (Å²) in [5, 5.41) is 9.48. The number of carbonyl (C=O) groups is 2. The van der Waals surface area contributed by atoms with Gasteiger partial charge in [0.15, 0.2) is 0 Å². The van der Waals surface area contributed by atoms with E-state index in [4.69, 9.17) is 4.74 Å². The summed E-state index contributed by atoms with van der Waals surface area (Å²) in [7, 11) is 0. The Bertz CT molecular complexity index is 933. The van der Waals surface area contributed by atoms with Crippen LogP contribution in [0.2, 0.25) is 0 Å². The summed E-state index contributed by atoms with van der Waals surface area (Å²) in [5.74, 6) is -0.112. The SMILES string of the molecule is O=C(O)C1CCCC1C1CCN(C(=O)OCC2c3ccccc3-c3ccccc32)CC1. The van der Waals surface area contributed by atoms with Crippen molar-refractivity contribution in [3.8, 4) is 11.1 Å². The Morgan fingerprint density at radius 1 is 0.903 bits per heavy atom. The highest BCUT2D eigenvalue weighted by atomic mass is 16.6. The van der Waals surface area contributed by atoms with Crippen LogP contribution in [0.1, 0.15) is 49.1 Å². The number of benzene rings is 2. The van der Waals surface area contributed by atoms with Gasteiger partial charge in [-0.15, -0.1) is 0 Å². The highest BCUT2D eigenvalue weighted by molar-refractivity contribution is 5.79.